The fraction of sp³-hybridized carbons (Fsp3) is 0.733. The summed E-state index contributed by atoms with van der Waals surface area (Å²) in [4.78, 5) is 1.48. The van der Waals surface area contributed by atoms with E-state index in [1.807, 2.05) is 0 Å². The van der Waals surface area contributed by atoms with E-state index in [0.29, 0.717) is 12.1 Å². The Bertz CT molecular complexity index is 391. The van der Waals surface area contributed by atoms with Crippen LogP contribution in [0.5, 0.6) is 0 Å². The lowest BCUT2D eigenvalue weighted by atomic mass is 9.94. The number of unbranched alkanes of at least 4 members (excludes halogenated alkanes) is 1. The van der Waals surface area contributed by atoms with Gasteiger partial charge in [-0.15, -0.1) is 11.3 Å². The summed E-state index contributed by atoms with van der Waals surface area (Å²) in [7, 11) is 0. The third-order valence-electron chi connectivity index (χ3n) is 3.50. The van der Waals surface area contributed by atoms with Crippen molar-refractivity contribution in [2.24, 2.45) is 0 Å². The summed E-state index contributed by atoms with van der Waals surface area (Å²) < 4.78 is 6.48. The van der Waals surface area contributed by atoms with Crippen molar-refractivity contribution in [2.75, 3.05) is 13.2 Å². The number of thiophene rings is 1. The molecule has 1 unspecified atom stereocenters. The van der Waals surface area contributed by atoms with E-state index in [1.54, 1.807) is 11.3 Å². The van der Waals surface area contributed by atoms with Gasteiger partial charge < -0.3 is 10.1 Å². The topological polar surface area (TPSA) is 21.3 Å². The molecule has 1 aliphatic rings. The molecule has 4 heteroatoms. The SMILES string of the molecule is CC(C)OCCCCNC1CCCc2sc(Cl)cc21. The number of fused-ring (bicyclic) bond motifs is 1. The molecule has 0 radical (unpaired) electrons. The molecule has 0 saturated heterocycles. The van der Waals surface area contributed by atoms with Gasteiger partial charge in [0.1, 0.15) is 0 Å². The summed E-state index contributed by atoms with van der Waals surface area (Å²) in [6.07, 6.45) is 6.38. The van der Waals surface area contributed by atoms with Gasteiger partial charge in [0.2, 0.25) is 0 Å². The Hall–Kier alpha value is -0.0900. The molecule has 0 aromatic carbocycles. The van der Waals surface area contributed by atoms with Crippen molar-refractivity contribution in [3.05, 3.63) is 20.8 Å². The van der Waals surface area contributed by atoms with Gasteiger partial charge in [-0.1, -0.05) is 11.6 Å². The highest BCUT2D eigenvalue weighted by Gasteiger charge is 2.21. The summed E-state index contributed by atoms with van der Waals surface area (Å²) in [5.41, 5.74) is 1.44. The van der Waals surface area contributed by atoms with Gasteiger partial charge in [-0.2, -0.15) is 0 Å². The molecule has 19 heavy (non-hydrogen) atoms. The van der Waals surface area contributed by atoms with E-state index in [-0.39, 0.29) is 0 Å². The van der Waals surface area contributed by atoms with Gasteiger partial charge in [0.25, 0.3) is 0 Å². The number of aryl methyl sites for hydroxylation is 1. The Morgan fingerprint density at radius 3 is 3.11 bits per heavy atom. The summed E-state index contributed by atoms with van der Waals surface area (Å²) >= 11 is 7.87. The summed E-state index contributed by atoms with van der Waals surface area (Å²) in [5.74, 6) is 0. The lowest BCUT2D eigenvalue weighted by molar-refractivity contribution is 0.0759. The number of rotatable bonds is 7. The van der Waals surface area contributed by atoms with Crippen LogP contribution in [0.1, 0.15) is 56.0 Å². The van der Waals surface area contributed by atoms with E-state index in [9.17, 15) is 0 Å². The highest BCUT2D eigenvalue weighted by Crippen LogP contribution is 2.37. The number of hydrogen-bond acceptors (Lipinski definition) is 3. The molecular formula is C15H24ClNOS. The Kier molecular flexibility index (Phi) is 6.14. The molecule has 1 aliphatic carbocycles. The Morgan fingerprint density at radius 1 is 1.47 bits per heavy atom. The van der Waals surface area contributed by atoms with Crippen LogP contribution in [0.15, 0.2) is 6.07 Å². The number of hydrogen-bond donors (Lipinski definition) is 1. The fourth-order valence-corrected chi connectivity index (χ4v) is 3.94. The van der Waals surface area contributed by atoms with Gasteiger partial charge in [-0.05, 0) is 64.1 Å². The Balaban J connectivity index is 1.69. The second kappa shape index (κ2) is 7.63. The lowest BCUT2D eigenvalue weighted by Gasteiger charge is -2.23. The molecule has 0 aliphatic heterocycles. The third kappa shape index (κ3) is 4.75. The molecule has 1 atom stereocenters. The van der Waals surface area contributed by atoms with Crippen LogP contribution in [-0.2, 0) is 11.2 Å². The molecule has 0 bridgehead atoms. The molecule has 1 aromatic rings. The standard InChI is InChI=1S/C15H24ClNOS/c1-11(2)18-9-4-3-8-17-13-6-5-7-14-12(13)10-15(16)19-14/h10-11,13,17H,3-9H2,1-2H3. The summed E-state index contributed by atoms with van der Waals surface area (Å²) in [5, 5.41) is 3.67. The molecule has 1 N–H and O–H groups in total. The highest BCUT2D eigenvalue weighted by molar-refractivity contribution is 7.16. The van der Waals surface area contributed by atoms with E-state index < -0.39 is 0 Å². The van der Waals surface area contributed by atoms with Crippen molar-refractivity contribution < 1.29 is 4.74 Å². The smallest absolute Gasteiger partial charge is 0.0934 e. The summed E-state index contributed by atoms with van der Waals surface area (Å²) in [6.45, 7) is 6.11. The molecule has 0 fully saturated rings. The Morgan fingerprint density at radius 2 is 2.32 bits per heavy atom. The van der Waals surface area contributed by atoms with Crippen LogP contribution in [0.4, 0.5) is 0 Å². The fourth-order valence-electron chi connectivity index (χ4n) is 2.56. The van der Waals surface area contributed by atoms with Crippen LogP contribution in [0, 0.1) is 0 Å². The zero-order valence-electron chi connectivity index (χ0n) is 11.9. The van der Waals surface area contributed by atoms with E-state index in [4.69, 9.17) is 16.3 Å². The van der Waals surface area contributed by atoms with Gasteiger partial charge in [-0.3, -0.25) is 0 Å². The van der Waals surface area contributed by atoms with Crippen LogP contribution >= 0.6 is 22.9 Å². The minimum atomic E-state index is 0.349. The first kappa shape index (κ1) is 15.3. The second-order valence-electron chi connectivity index (χ2n) is 5.45. The zero-order valence-corrected chi connectivity index (χ0v) is 13.4. The summed E-state index contributed by atoms with van der Waals surface area (Å²) in [6, 6.07) is 2.67. The third-order valence-corrected chi connectivity index (χ3v) is 4.84. The average Bonchev–Trinajstić information content (AvgIpc) is 2.74. The van der Waals surface area contributed by atoms with Crippen LogP contribution in [-0.4, -0.2) is 19.3 Å². The van der Waals surface area contributed by atoms with E-state index >= 15 is 0 Å². The van der Waals surface area contributed by atoms with Gasteiger partial charge in [0.15, 0.2) is 0 Å². The number of nitrogens with one attached hydrogen (secondary N) is 1. The zero-order chi connectivity index (χ0) is 13.7. The normalized spacial score (nSPS) is 18.8. The highest BCUT2D eigenvalue weighted by atomic mass is 35.5. The molecular weight excluding hydrogens is 278 g/mol. The van der Waals surface area contributed by atoms with Gasteiger partial charge in [0.05, 0.1) is 10.4 Å². The quantitative estimate of drug-likeness (QED) is 0.745. The van der Waals surface area contributed by atoms with Crippen molar-refractivity contribution in [1.82, 2.24) is 5.32 Å². The van der Waals surface area contributed by atoms with Crippen LogP contribution in [0.3, 0.4) is 0 Å². The van der Waals surface area contributed by atoms with Crippen LogP contribution in [0.25, 0.3) is 0 Å². The van der Waals surface area contributed by atoms with Gasteiger partial charge >= 0.3 is 0 Å². The largest absolute Gasteiger partial charge is 0.379 e. The molecule has 0 spiro atoms. The average molecular weight is 302 g/mol. The lowest BCUT2D eigenvalue weighted by Crippen LogP contribution is -2.25. The maximum Gasteiger partial charge on any atom is 0.0934 e. The maximum absolute atomic E-state index is 6.12. The molecule has 0 amide bonds. The van der Waals surface area contributed by atoms with E-state index in [2.05, 4.69) is 25.2 Å². The van der Waals surface area contributed by atoms with Crippen molar-refractivity contribution in [2.45, 2.75) is 58.1 Å². The van der Waals surface area contributed by atoms with Gasteiger partial charge in [-0.25, -0.2) is 0 Å². The molecule has 0 saturated carbocycles. The van der Waals surface area contributed by atoms with Crippen molar-refractivity contribution in [3.8, 4) is 0 Å². The first-order valence-electron chi connectivity index (χ1n) is 7.30. The minimum Gasteiger partial charge on any atom is -0.379 e. The van der Waals surface area contributed by atoms with Gasteiger partial charge in [0, 0.05) is 17.5 Å². The second-order valence-corrected chi connectivity index (χ2v) is 7.22. The predicted molar refractivity (Wildman–Crippen MR) is 83.3 cm³/mol. The maximum atomic E-state index is 6.12. The monoisotopic (exact) mass is 301 g/mol. The minimum absolute atomic E-state index is 0.349. The molecule has 1 aromatic heterocycles. The van der Waals surface area contributed by atoms with Crippen molar-refractivity contribution >= 4 is 22.9 Å². The van der Waals surface area contributed by atoms with Crippen molar-refractivity contribution in [3.63, 3.8) is 0 Å². The van der Waals surface area contributed by atoms with Crippen molar-refractivity contribution in [1.29, 1.82) is 0 Å². The molecule has 108 valence electrons. The molecule has 1 heterocycles. The van der Waals surface area contributed by atoms with E-state index in [0.717, 1.165) is 23.9 Å². The first-order valence-corrected chi connectivity index (χ1v) is 8.49. The predicted octanol–water partition coefficient (Wildman–Crippen LogP) is 4.57. The first-order chi connectivity index (χ1) is 9.16. The number of ether oxygens (including phenoxy) is 1. The van der Waals surface area contributed by atoms with Crippen LogP contribution < -0.4 is 5.32 Å². The molecule has 2 rings (SSSR count). The Labute approximate surface area is 125 Å². The molecule has 2 nitrogen and oxygen atoms in total. The van der Waals surface area contributed by atoms with E-state index in [1.165, 1.54) is 36.1 Å². The van der Waals surface area contributed by atoms with Crippen LogP contribution in [0.2, 0.25) is 4.34 Å². The number of halogens is 1.